The molecular formula is C15H18. The van der Waals surface area contributed by atoms with E-state index in [0.717, 1.165) is 0 Å². The Balaban J connectivity index is 2.62. The van der Waals surface area contributed by atoms with Gasteiger partial charge in [0, 0.05) is 5.92 Å². The van der Waals surface area contributed by atoms with Crippen molar-refractivity contribution < 1.29 is 0 Å². The van der Waals surface area contributed by atoms with E-state index in [1.54, 1.807) is 0 Å². The highest BCUT2D eigenvalue weighted by atomic mass is 14.2. The molecule has 1 aromatic rings. The van der Waals surface area contributed by atoms with Crippen molar-refractivity contribution in [1.82, 2.24) is 0 Å². The number of fused-ring (bicyclic) bond motifs is 1. The maximum Gasteiger partial charge on any atom is 0.00287 e. The zero-order valence-corrected chi connectivity index (χ0v) is 9.96. The van der Waals surface area contributed by atoms with Crippen LogP contribution >= 0.6 is 0 Å². The van der Waals surface area contributed by atoms with Crippen LogP contribution in [0.15, 0.2) is 35.4 Å². The molecule has 1 atom stereocenters. The Labute approximate surface area is 92.3 Å². The Morgan fingerprint density at radius 3 is 2.47 bits per heavy atom. The summed E-state index contributed by atoms with van der Waals surface area (Å²) in [5.74, 6) is 0.537. The quantitative estimate of drug-likeness (QED) is 0.577. The third kappa shape index (κ3) is 1.77. The number of allylic oxidation sites excluding steroid dienone is 3. The third-order valence-corrected chi connectivity index (χ3v) is 3.49. The minimum Gasteiger partial charge on any atom is -0.0632 e. The van der Waals surface area contributed by atoms with Gasteiger partial charge in [0.05, 0.1) is 0 Å². The van der Waals surface area contributed by atoms with Crippen LogP contribution in [0.5, 0.6) is 0 Å². The van der Waals surface area contributed by atoms with E-state index in [9.17, 15) is 0 Å². The summed E-state index contributed by atoms with van der Waals surface area (Å²) in [4.78, 5) is 0. The fraction of sp³-hybridized carbons (Fsp3) is 0.333. The normalized spacial score (nSPS) is 20.1. The molecule has 0 aromatic heterocycles. The topological polar surface area (TPSA) is 0 Å². The van der Waals surface area contributed by atoms with E-state index in [0.29, 0.717) is 5.92 Å². The number of aryl methyl sites for hydroxylation is 1. The maximum absolute atomic E-state index is 2.31. The summed E-state index contributed by atoms with van der Waals surface area (Å²) in [6.45, 7) is 8.89. The van der Waals surface area contributed by atoms with Crippen LogP contribution in [0.3, 0.4) is 0 Å². The molecule has 1 aromatic carbocycles. The van der Waals surface area contributed by atoms with E-state index in [4.69, 9.17) is 0 Å². The minimum absolute atomic E-state index is 0.537. The van der Waals surface area contributed by atoms with Gasteiger partial charge in [-0.3, -0.25) is 0 Å². The molecule has 1 aliphatic carbocycles. The van der Waals surface area contributed by atoms with Gasteiger partial charge in [0.25, 0.3) is 0 Å². The van der Waals surface area contributed by atoms with Crippen LogP contribution in [-0.4, -0.2) is 0 Å². The Morgan fingerprint density at radius 2 is 1.73 bits per heavy atom. The fourth-order valence-corrected chi connectivity index (χ4v) is 2.14. The highest BCUT2D eigenvalue weighted by Gasteiger charge is 2.14. The smallest absolute Gasteiger partial charge is 0.00287 e. The molecule has 0 aliphatic heterocycles. The first-order chi connectivity index (χ1) is 7.09. The molecule has 0 spiro atoms. The number of rotatable bonds is 0. The lowest BCUT2D eigenvalue weighted by Gasteiger charge is -2.15. The third-order valence-electron chi connectivity index (χ3n) is 3.49. The first-order valence-electron chi connectivity index (χ1n) is 5.55. The van der Waals surface area contributed by atoms with Gasteiger partial charge in [-0.25, -0.2) is 0 Å². The van der Waals surface area contributed by atoms with Crippen molar-refractivity contribution in [2.75, 3.05) is 0 Å². The maximum atomic E-state index is 2.31. The van der Waals surface area contributed by atoms with Gasteiger partial charge < -0.3 is 0 Å². The zero-order chi connectivity index (χ0) is 11.0. The second-order valence-corrected chi connectivity index (χ2v) is 4.55. The van der Waals surface area contributed by atoms with Gasteiger partial charge in [0.2, 0.25) is 0 Å². The van der Waals surface area contributed by atoms with Crippen molar-refractivity contribution >= 4 is 6.08 Å². The largest absolute Gasteiger partial charge is 0.0632 e. The van der Waals surface area contributed by atoms with Crippen LogP contribution in [0.1, 0.15) is 43.4 Å². The van der Waals surface area contributed by atoms with Crippen molar-refractivity contribution in [3.63, 3.8) is 0 Å². The second kappa shape index (κ2) is 3.69. The summed E-state index contributed by atoms with van der Waals surface area (Å²) in [6.07, 6.45) is 4.46. The Morgan fingerprint density at radius 1 is 1.00 bits per heavy atom. The first-order valence-corrected chi connectivity index (χ1v) is 5.55. The Hall–Kier alpha value is -1.30. The molecule has 2 rings (SSSR count). The predicted molar refractivity (Wildman–Crippen MR) is 67.0 cm³/mol. The highest BCUT2D eigenvalue weighted by molar-refractivity contribution is 5.62. The van der Waals surface area contributed by atoms with Crippen LogP contribution in [0.4, 0.5) is 0 Å². The molecule has 0 saturated heterocycles. The first kappa shape index (κ1) is 10.2. The Bertz CT molecular complexity index is 447. The molecule has 0 nitrogen and oxygen atoms in total. The summed E-state index contributed by atoms with van der Waals surface area (Å²) in [5.41, 5.74) is 7.05. The van der Waals surface area contributed by atoms with Gasteiger partial charge in [-0.15, -0.1) is 0 Å². The van der Waals surface area contributed by atoms with Crippen molar-refractivity contribution in [2.45, 2.75) is 33.6 Å². The SMILES string of the molecule is CC1=C(C)C(C)c2cc(C)ccc2C=C1. The fourth-order valence-electron chi connectivity index (χ4n) is 2.14. The van der Waals surface area contributed by atoms with Crippen molar-refractivity contribution in [1.29, 1.82) is 0 Å². The van der Waals surface area contributed by atoms with Gasteiger partial charge in [-0.2, -0.15) is 0 Å². The molecule has 0 radical (unpaired) electrons. The molecule has 0 N–H and O–H groups in total. The van der Waals surface area contributed by atoms with Crippen LogP contribution in [0.25, 0.3) is 6.08 Å². The van der Waals surface area contributed by atoms with Gasteiger partial charge in [-0.1, -0.05) is 54.0 Å². The summed E-state index contributed by atoms with van der Waals surface area (Å²) < 4.78 is 0. The summed E-state index contributed by atoms with van der Waals surface area (Å²) in [6, 6.07) is 6.72. The molecule has 0 saturated carbocycles. The standard InChI is InChI=1S/C15H18/c1-10-5-7-14-8-6-11(2)12(3)13(4)15(14)9-10/h5-9,13H,1-4H3. The average molecular weight is 198 g/mol. The van der Waals surface area contributed by atoms with Gasteiger partial charge in [-0.05, 0) is 31.9 Å². The van der Waals surface area contributed by atoms with Gasteiger partial charge >= 0.3 is 0 Å². The lowest BCUT2D eigenvalue weighted by molar-refractivity contribution is 0.880. The molecule has 0 amide bonds. The van der Waals surface area contributed by atoms with Crippen LogP contribution in [-0.2, 0) is 0 Å². The molecule has 0 heterocycles. The molecule has 0 bridgehead atoms. The van der Waals surface area contributed by atoms with E-state index in [1.165, 1.54) is 27.8 Å². The van der Waals surface area contributed by atoms with E-state index < -0.39 is 0 Å². The number of hydrogen-bond donors (Lipinski definition) is 0. The van der Waals surface area contributed by atoms with E-state index >= 15 is 0 Å². The van der Waals surface area contributed by atoms with Crippen molar-refractivity contribution in [2.24, 2.45) is 0 Å². The van der Waals surface area contributed by atoms with Crippen LogP contribution in [0.2, 0.25) is 0 Å². The zero-order valence-electron chi connectivity index (χ0n) is 9.96. The molecule has 15 heavy (non-hydrogen) atoms. The van der Waals surface area contributed by atoms with Crippen molar-refractivity contribution in [3.05, 3.63) is 52.1 Å². The molecule has 0 heteroatoms. The summed E-state index contributed by atoms with van der Waals surface area (Å²) in [7, 11) is 0. The predicted octanol–water partition coefficient (Wildman–Crippen LogP) is 4.46. The van der Waals surface area contributed by atoms with E-state index in [1.807, 2.05) is 0 Å². The van der Waals surface area contributed by atoms with Gasteiger partial charge in [0.15, 0.2) is 0 Å². The summed E-state index contributed by atoms with van der Waals surface area (Å²) in [5, 5.41) is 0. The van der Waals surface area contributed by atoms with Crippen LogP contribution in [0, 0.1) is 6.92 Å². The lowest BCUT2D eigenvalue weighted by Crippen LogP contribution is -1.98. The number of benzene rings is 1. The monoisotopic (exact) mass is 198 g/mol. The second-order valence-electron chi connectivity index (χ2n) is 4.55. The lowest BCUT2D eigenvalue weighted by atomic mass is 9.89. The van der Waals surface area contributed by atoms with E-state index in [-0.39, 0.29) is 0 Å². The molecule has 78 valence electrons. The van der Waals surface area contributed by atoms with Gasteiger partial charge in [0.1, 0.15) is 0 Å². The minimum atomic E-state index is 0.537. The van der Waals surface area contributed by atoms with Crippen molar-refractivity contribution in [3.8, 4) is 0 Å². The molecular weight excluding hydrogens is 180 g/mol. The highest BCUT2D eigenvalue weighted by Crippen LogP contribution is 2.33. The Kier molecular flexibility index (Phi) is 2.52. The molecule has 1 aliphatic rings. The van der Waals surface area contributed by atoms with E-state index in [2.05, 4.69) is 58.0 Å². The summed E-state index contributed by atoms with van der Waals surface area (Å²) >= 11 is 0. The average Bonchev–Trinajstić information content (AvgIpc) is 2.32. The molecule has 0 fully saturated rings. The molecule has 1 unspecified atom stereocenters. The van der Waals surface area contributed by atoms with Crippen LogP contribution < -0.4 is 0 Å². The number of hydrogen-bond acceptors (Lipinski definition) is 0.